The van der Waals surface area contributed by atoms with Crippen LogP contribution in [-0.2, 0) is 6.18 Å². The summed E-state index contributed by atoms with van der Waals surface area (Å²) in [5.74, 6) is 2.45. The lowest BCUT2D eigenvalue weighted by molar-refractivity contribution is -0.137. The van der Waals surface area contributed by atoms with E-state index >= 15 is 0 Å². The molecule has 92 valence electrons. The molecular weight excluding hydrogens is 227 g/mol. The summed E-state index contributed by atoms with van der Waals surface area (Å²) in [4.78, 5) is 0. The third kappa shape index (κ3) is 3.70. The van der Waals surface area contributed by atoms with Crippen LogP contribution in [0.25, 0.3) is 0 Å². The summed E-state index contributed by atoms with van der Waals surface area (Å²) in [6.45, 7) is 1.88. The summed E-state index contributed by atoms with van der Waals surface area (Å²) >= 11 is 0. The second-order valence-electron chi connectivity index (χ2n) is 3.70. The molecule has 0 aliphatic heterocycles. The molecule has 0 amide bonds. The van der Waals surface area contributed by atoms with Crippen LogP contribution in [0.3, 0.4) is 0 Å². The summed E-state index contributed by atoms with van der Waals surface area (Å²) in [5.41, 5.74) is -0.572. The molecule has 0 radical (unpaired) electrons. The zero-order chi connectivity index (χ0) is 12.9. The molecule has 0 aromatic heterocycles. The fraction of sp³-hybridized carbons (Fsp3) is 0.385. The van der Waals surface area contributed by atoms with Gasteiger partial charge in [0.2, 0.25) is 0 Å². The fourth-order valence-corrected chi connectivity index (χ4v) is 1.52. The highest BCUT2D eigenvalue weighted by atomic mass is 19.4. The number of anilines is 1. The van der Waals surface area contributed by atoms with E-state index < -0.39 is 11.7 Å². The third-order valence-electron chi connectivity index (χ3n) is 2.45. The zero-order valence-corrected chi connectivity index (χ0v) is 9.51. The summed E-state index contributed by atoms with van der Waals surface area (Å²) in [7, 11) is 0. The van der Waals surface area contributed by atoms with Crippen molar-refractivity contribution in [2.45, 2.75) is 32.0 Å². The van der Waals surface area contributed by atoms with Crippen molar-refractivity contribution in [2.75, 3.05) is 5.32 Å². The van der Waals surface area contributed by atoms with Crippen LogP contribution in [0.1, 0.15) is 25.3 Å². The molecule has 0 saturated heterocycles. The van der Waals surface area contributed by atoms with Gasteiger partial charge in [0, 0.05) is 18.2 Å². The molecule has 0 aliphatic rings. The highest BCUT2D eigenvalue weighted by molar-refractivity contribution is 5.53. The van der Waals surface area contributed by atoms with Crippen LogP contribution in [-0.4, -0.2) is 6.04 Å². The van der Waals surface area contributed by atoms with Crippen LogP contribution in [0.2, 0.25) is 0 Å². The van der Waals surface area contributed by atoms with Crippen molar-refractivity contribution < 1.29 is 13.2 Å². The number of terminal acetylenes is 1. The molecule has 0 aliphatic carbocycles. The van der Waals surface area contributed by atoms with Gasteiger partial charge in [-0.15, -0.1) is 12.3 Å². The van der Waals surface area contributed by atoms with Crippen LogP contribution >= 0.6 is 0 Å². The minimum Gasteiger partial charge on any atom is -0.381 e. The molecule has 0 heterocycles. The Balaban J connectivity index is 2.95. The van der Waals surface area contributed by atoms with Crippen LogP contribution in [0, 0.1) is 12.3 Å². The third-order valence-corrected chi connectivity index (χ3v) is 2.45. The van der Waals surface area contributed by atoms with Crippen molar-refractivity contribution >= 4 is 5.69 Å². The van der Waals surface area contributed by atoms with Crippen LogP contribution in [0.4, 0.5) is 18.9 Å². The molecule has 1 rings (SSSR count). The Hall–Kier alpha value is -1.63. The maximum absolute atomic E-state index is 12.7. The first-order valence-electron chi connectivity index (χ1n) is 5.35. The average molecular weight is 241 g/mol. The number of hydrogen-bond donors (Lipinski definition) is 1. The van der Waals surface area contributed by atoms with Crippen LogP contribution in [0.15, 0.2) is 24.3 Å². The Morgan fingerprint density at radius 2 is 2.00 bits per heavy atom. The van der Waals surface area contributed by atoms with Gasteiger partial charge in [0.05, 0.1) is 5.56 Å². The van der Waals surface area contributed by atoms with Gasteiger partial charge < -0.3 is 5.32 Å². The number of hydrogen-bond acceptors (Lipinski definition) is 1. The maximum Gasteiger partial charge on any atom is 0.418 e. The average Bonchev–Trinajstić information content (AvgIpc) is 2.27. The Bertz CT molecular complexity index is 404. The predicted octanol–water partition coefficient (Wildman–Crippen LogP) is 3.92. The lowest BCUT2D eigenvalue weighted by atomic mass is 10.1. The van der Waals surface area contributed by atoms with Crippen molar-refractivity contribution in [2.24, 2.45) is 0 Å². The first-order valence-corrected chi connectivity index (χ1v) is 5.35. The maximum atomic E-state index is 12.7. The van der Waals surface area contributed by atoms with E-state index in [1.165, 1.54) is 12.1 Å². The van der Waals surface area contributed by atoms with Crippen molar-refractivity contribution in [1.29, 1.82) is 0 Å². The molecule has 1 aromatic rings. The topological polar surface area (TPSA) is 12.0 Å². The Labute approximate surface area is 99.0 Å². The molecule has 0 bridgehead atoms. The highest BCUT2D eigenvalue weighted by Crippen LogP contribution is 2.35. The monoisotopic (exact) mass is 241 g/mol. The second-order valence-corrected chi connectivity index (χ2v) is 3.70. The van der Waals surface area contributed by atoms with Crippen molar-refractivity contribution in [3.05, 3.63) is 29.8 Å². The van der Waals surface area contributed by atoms with Gasteiger partial charge in [0.15, 0.2) is 0 Å². The van der Waals surface area contributed by atoms with Gasteiger partial charge >= 0.3 is 6.18 Å². The minimum absolute atomic E-state index is 0.0853. The first-order chi connectivity index (χ1) is 7.99. The second kappa shape index (κ2) is 5.62. The number of para-hydroxylation sites is 1. The van der Waals surface area contributed by atoms with Gasteiger partial charge in [-0.25, -0.2) is 0 Å². The Morgan fingerprint density at radius 3 is 2.53 bits per heavy atom. The van der Waals surface area contributed by atoms with E-state index in [1.54, 1.807) is 6.07 Å². The molecule has 0 fully saturated rings. The summed E-state index contributed by atoms with van der Waals surface area (Å²) in [6, 6.07) is 5.28. The van der Waals surface area contributed by atoms with E-state index in [2.05, 4.69) is 11.2 Å². The smallest absolute Gasteiger partial charge is 0.381 e. The quantitative estimate of drug-likeness (QED) is 0.788. The van der Waals surface area contributed by atoms with Gasteiger partial charge in [-0.05, 0) is 18.6 Å². The molecule has 1 aromatic carbocycles. The van der Waals surface area contributed by atoms with E-state index in [1.807, 2.05) is 6.92 Å². The Morgan fingerprint density at radius 1 is 1.35 bits per heavy atom. The lowest BCUT2D eigenvalue weighted by Crippen LogP contribution is -2.20. The van der Waals surface area contributed by atoms with Gasteiger partial charge in [-0.3, -0.25) is 0 Å². The summed E-state index contributed by atoms with van der Waals surface area (Å²) in [6.07, 6.45) is 1.90. The molecule has 1 atom stereocenters. The minimum atomic E-state index is -4.35. The van der Waals surface area contributed by atoms with Crippen LogP contribution < -0.4 is 5.32 Å². The molecule has 0 spiro atoms. The van der Waals surface area contributed by atoms with Gasteiger partial charge in [0.25, 0.3) is 0 Å². The largest absolute Gasteiger partial charge is 0.418 e. The van der Waals surface area contributed by atoms with Gasteiger partial charge in [0.1, 0.15) is 0 Å². The normalized spacial score (nSPS) is 12.9. The van der Waals surface area contributed by atoms with Crippen molar-refractivity contribution in [1.82, 2.24) is 0 Å². The molecule has 1 unspecified atom stereocenters. The van der Waals surface area contributed by atoms with E-state index in [0.717, 1.165) is 6.07 Å². The molecule has 4 heteroatoms. The molecule has 17 heavy (non-hydrogen) atoms. The molecule has 1 N–H and O–H groups in total. The standard InChI is InChI=1S/C13H14F3N/c1-3-7-10(4-2)17-12-9-6-5-8-11(12)13(14,15)16/h1,5-6,8-10,17H,4,7H2,2H3. The van der Waals surface area contributed by atoms with E-state index in [4.69, 9.17) is 6.42 Å². The SMILES string of the molecule is C#CCC(CC)Nc1ccccc1C(F)(F)F. The van der Waals surface area contributed by atoms with E-state index in [-0.39, 0.29) is 11.7 Å². The lowest BCUT2D eigenvalue weighted by Gasteiger charge is -2.19. The van der Waals surface area contributed by atoms with Crippen LogP contribution in [0.5, 0.6) is 0 Å². The first kappa shape index (κ1) is 13.4. The van der Waals surface area contributed by atoms with Crippen molar-refractivity contribution in [3.8, 4) is 12.3 Å². The van der Waals surface area contributed by atoms with E-state index in [9.17, 15) is 13.2 Å². The number of nitrogens with one attached hydrogen (secondary N) is 1. The number of rotatable bonds is 4. The molecule has 0 saturated carbocycles. The number of halogens is 3. The van der Waals surface area contributed by atoms with E-state index in [0.29, 0.717) is 12.8 Å². The van der Waals surface area contributed by atoms with Crippen molar-refractivity contribution in [3.63, 3.8) is 0 Å². The fourth-order valence-electron chi connectivity index (χ4n) is 1.52. The highest BCUT2D eigenvalue weighted by Gasteiger charge is 2.33. The number of benzene rings is 1. The molecular formula is C13H14F3N. The predicted molar refractivity (Wildman–Crippen MR) is 62.6 cm³/mol. The summed E-state index contributed by atoms with van der Waals surface area (Å²) < 4.78 is 38.1. The van der Waals surface area contributed by atoms with Gasteiger partial charge in [-0.2, -0.15) is 13.2 Å². The number of alkyl halides is 3. The zero-order valence-electron chi connectivity index (χ0n) is 9.51. The summed E-state index contributed by atoms with van der Waals surface area (Å²) in [5, 5.41) is 2.84. The molecule has 1 nitrogen and oxygen atoms in total. The Kier molecular flexibility index (Phi) is 4.45. The van der Waals surface area contributed by atoms with Gasteiger partial charge in [-0.1, -0.05) is 19.1 Å².